The van der Waals surface area contributed by atoms with Crippen LogP contribution in [0.2, 0.25) is 0 Å². The van der Waals surface area contributed by atoms with E-state index in [4.69, 9.17) is 9.84 Å². The number of benzene rings is 2. The zero-order valence-corrected chi connectivity index (χ0v) is 15.3. The first-order valence-corrected chi connectivity index (χ1v) is 9.94. The van der Waals surface area contributed by atoms with Gasteiger partial charge < -0.3 is 9.84 Å². The van der Waals surface area contributed by atoms with Gasteiger partial charge in [0.05, 0.1) is 27.4 Å². The number of nitrogens with zero attached hydrogens (tertiary/aromatic N) is 1. The zero-order valence-electron chi connectivity index (χ0n) is 13.6. The van der Waals surface area contributed by atoms with E-state index in [9.17, 15) is 17.6 Å². The molecule has 0 aliphatic rings. The number of para-hydroxylation sites is 2. The van der Waals surface area contributed by atoms with Crippen LogP contribution in [0.25, 0.3) is 0 Å². The molecule has 0 atom stereocenters. The fourth-order valence-electron chi connectivity index (χ4n) is 2.18. The Labute approximate surface area is 158 Å². The van der Waals surface area contributed by atoms with Gasteiger partial charge >= 0.3 is 5.97 Å². The van der Waals surface area contributed by atoms with E-state index in [1.807, 2.05) is 0 Å². The molecule has 0 aliphatic carbocycles. The Morgan fingerprint density at radius 1 is 1.26 bits per heavy atom. The van der Waals surface area contributed by atoms with Gasteiger partial charge in [-0.3, -0.25) is 4.72 Å². The molecule has 0 aliphatic heterocycles. The summed E-state index contributed by atoms with van der Waals surface area (Å²) in [6, 6.07) is 8.91. The lowest BCUT2D eigenvalue weighted by Gasteiger charge is -2.13. The number of ether oxygens (including phenoxy) is 1. The van der Waals surface area contributed by atoms with Crippen LogP contribution < -0.4 is 9.46 Å². The molecule has 0 amide bonds. The van der Waals surface area contributed by atoms with Gasteiger partial charge in [-0.2, -0.15) is 0 Å². The van der Waals surface area contributed by atoms with Crippen LogP contribution in [-0.4, -0.2) is 24.5 Å². The Bertz CT molecular complexity index is 1070. The van der Waals surface area contributed by atoms with Crippen molar-refractivity contribution < 1.29 is 27.4 Å². The van der Waals surface area contributed by atoms with Crippen molar-refractivity contribution in [1.29, 1.82) is 0 Å². The van der Waals surface area contributed by atoms with Gasteiger partial charge in [0.1, 0.15) is 18.2 Å². The van der Waals surface area contributed by atoms with Crippen LogP contribution in [0.5, 0.6) is 5.75 Å². The molecule has 2 N–H and O–H groups in total. The minimum Gasteiger partial charge on any atom is -0.485 e. The molecule has 10 heteroatoms. The standard InChI is InChI=1S/C17H13FN2O5S2/c18-14-6-5-12(7-13(14)17(21)22)27(23,24)20-15-3-1-2-4-16(15)25-8-11-9-26-10-19-11/h1-7,9-10,20H,8H2,(H,21,22). The van der Waals surface area contributed by atoms with Gasteiger partial charge in [-0.05, 0) is 30.3 Å². The third-order valence-corrected chi connectivity index (χ3v) is 5.47. The molecular formula is C17H13FN2O5S2. The second-order valence-electron chi connectivity index (χ2n) is 5.32. The first-order chi connectivity index (χ1) is 12.9. The van der Waals surface area contributed by atoms with Crippen molar-refractivity contribution >= 4 is 33.0 Å². The number of halogens is 1. The summed E-state index contributed by atoms with van der Waals surface area (Å²) in [5.41, 5.74) is 1.78. The van der Waals surface area contributed by atoms with Crippen LogP contribution in [0, 0.1) is 5.82 Å². The van der Waals surface area contributed by atoms with E-state index in [2.05, 4.69) is 9.71 Å². The minimum atomic E-state index is -4.15. The number of carbonyl (C=O) groups is 1. The third-order valence-electron chi connectivity index (χ3n) is 3.47. The van der Waals surface area contributed by atoms with Crippen molar-refractivity contribution in [2.24, 2.45) is 0 Å². The maximum Gasteiger partial charge on any atom is 0.338 e. The van der Waals surface area contributed by atoms with Gasteiger partial charge in [-0.15, -0.1) is 11.3 Å². The number of nitrogens with one attached hydrogen (secondary N) is 1. The highest BCUT2D eigenvalue weighted by Crippen LogP contribution is 2.28. The Kier molecular flexibility index (Phi) is 5.38. The number of rotatable bonds is 7. The highest BCUT2D eigenvalue weighted by atomic mass is 32.2. The van der Waals surface area contributed by atoms with Gasteiger partial charge in [-0.1, -0.05) is 12.1 Å². The van der Waals surface area contributed by atoms with E-state index >= 15 is 0 Å². The number of hydrogen-bond donors (Lipinski definition) is 2. The number of carboxylic acid groups (broad SMARTS) is 1. The van der Waals surface area contributed by atoms with Crippen LogP contribution >= 0.6 is 11.3 Å². The number of hydrogen-bond acceptors (Lipinski definition) is 6. The van der Waals surface area contributed by atoms with Crippen LogP contribution in [0.15, 0.2) is 58.3 Å². The average molecular weight is 408 g/mol. The Morgan fingerprint density at radius 3 is 2.74 bits per heavy atom. The first kappa shape index (κ1) is 18.8. The lowest BCUT2D eigenvalue weighted by molar-refractivity contribution is 0.0691. The predicted octanol–water partition coefficient (Wildman–Crippen LogP) is 3.36. The van der Waals surface area contributed by atoms with E-state index in [0.717, 1.165) is 18.2 Å². The monoisotopic (exact) mass is 408 g/mol. The molecule has 3 aromatic rings. The van der Waals surface area contributed by atoms with Crippen molar-refractivity contribution in [2.75, 3.05) is 4.72 Å². The fourth-order valence-corrected chi connectivity index (χ4v) is 3.82. The Hall–Kier alpha value is -2.98. The highest BCUT2D eigenvalue weighted by molar-refractivity contribution is 7.92. The summed E-state index contributed by atoms with van der Waals surface area (Å²) in [4.78, 5) is 14.7. The molecule has 1 heterocycles. The molecule has 0 bridgehead atoms. The lowest BCUT2D eigenvalue weighted by atomic mass is 10.2. The molecule has 0 spiro atoms. The molecule has 27 heavy (non-hydrogen) atoms. The summed E-state index contributed by atoms with van der Waals surface area (Å²) in [5, 5.41) is 10.8. The smallest absolute Gasteiger partial charge is 0.338 e. The van der Waals surface area contributed by atoms with E-state index in [0.29, 0.717) is 5.69 Å². The van der Waals surface area contributed by atoms with Gasteiger partial charge in [-0.25, -0.2) is 22.6 Å². The number of aromatic carboxylic acids is 1. The van der Waals surface area contributed by atoms with E-state index in [1.54, 1.807) is 29.1 Å². The Morgan fingerprint density at radius 2 is 2.04 bits per heavy atom. The summed E-state index contributed by atoms with van der Waals surface area (Å²) in [7, 11) is -4.15. The van der Waals surface area contributed by atoms with Crippen molar-refractivity contribution in [3.8, 4) is 5.75 Å². The maximum atomic E-state index is 13.5. The summed E-state index contributed by atoms with van der Waals surface area (Å²) >= 11 is 1.41. The third kappa shape index (κ3) is 4.41. The molecule has 0 fully saturated rings. The minimum absolute atomic E-state index is 0.155. The first-order valence-electron chi connectivity index (χ1n) is 7.51. The summed E-state index contributed by atoms with van der Waals surface area (Å²) in [6.45, 7) is 0.155. The number of thiazole rings is 1. The van der Waals surface area contributed by atoms with Crippen LogP contribution in [0.1, 0.15) is 16.1 Å². The van der Waals surface area contributed by atoms with Crippen molar-refractivity contribution in [1.82, 2.24) is 4.98 Å². The van der Waals surface area contributed by atoms with Crippen LogP contribution in [0.3, 0.4) is 0 Å². The number of carboxylic acids is 1. The summed E-state index contributed by atoms with van der Waals surface area (Å²) in [6.07, 6.45) is 0. The normalized spacial score (nSPS) is 11.1. The largest absolute Gasteiger partial charge is 0.485 e. The molecule has 3 rings (SSSR count). The highest BCUT2D eigenvalue weighted by Gasteiger charge is 2.20. The number of anilines is 1. The second-order valence-corrected chi connectivity index (χ2v) is 7.72. The average Bonchev–Trinajstić information content (AvgIpc) is 3.14. The zero-order chi connectivity index (χ0) is 19.4. The molecule has 2 aromatic carbocycles. The number of sulfonamides is 1. The lowest BCUT2D eigenvalue weighted by Crippen LogP contribution is -2.15. The second kappa shape index (κ2) is 7.72. The molecule has 140 valence electrons. The summed E-state index contributed by atoms with van der Waals surface area (Å²) < 4.78 is 46.6. The van der Waals surface area contributed by atoms with E-state index in [-0.39, 0.29) is 22.9 Å². The van der Waals surface area contributed by atoms with E-state index < -0.39 is 27.4 Å². The molecular weight excluding hydrogens is 395 g/mol. The van der Waals surface area contributed by atoms with Gasteiger partial charge in [0, 0.05) is 5.38 Å². The molecule has 0 saturated heterocycles. The van der Waals surface area contributed by atoms with Crippen molar-refractivity contribution in [2.45, 2.75) is 11.5 Å². The predicted molar refractivity (Wildman–Crippen MR) is 97.1 cm³/mol. The summed E-state index contributed by atoms with van der Waals surface area (Å²) in [5.74, 6) is -2.31. The van der Waals surface area contributed by atoms with Gasteiger partial charge in [0.25, 0.3) is 10.0 Å². The van der Waals surface area contributed by atoms with Gasteiger partial charge in [0.15, 0.2) is 0 Å². The molecule has 1 aromatic heterocycles. The maximum absolute atomic E-state index is 13.5. The molecule has 0 unspecified atom stereocenters. The van der Waals surface area contributed by atoms with E-state index in [1.165, 1.54) is 17.4 Å². The Balaban J connectivity index is 1.86. The SMILES string of the molecule is O=C(O)c1cc(S(=O)(=O)Nc2ccccc2OCc2cscn2)ccc1F. The molecule has 7 nitrogen and oxygen atoms in total. The number of aromatic nitrogens is 1. The fraction of sp³-hybridized carbons (Fsp3) is 0.0588. The van der Waals surface area contributed by atoms with Crippen molar-refractivity contribution in [3.05, 3.63) is 70.4 Å². The van der Waals surface area contributed by atoms with Crippen molar-refractivity contribution in [3.63, 3.8) is 0 Å². The quantitative estimate of drug-likeness (QED) is 0.621. The van der Waals surface area contributed by atoms with Crippen LogP contribution in [0.4, 0.5) is 10.1 Å². The van der Waals surface area contributed by atoms with Gasteiger partial charge in [0.2, 0.25) is 0 Å². The molecule has 0 radical (unpaired) electrons. The topological polar surface area (TPSA) is 106 Å². The van der Waals surface area contributed by atoms with Crippen LogP contribution in [-0.2, 0) is 16.6 Å². The molecule has 0 saturated carbocycles.